The van der Waals surface area contributed by atoms with Crippen molar-refractivity contribution < 1.29 is 27.2 Å². The predicted octanol–water partition coefficient (Wildman–Crippen LogP) is 3.79. The van der Waals surface area contributed by atoms with Gasteiger partial charge in [-0.05, 0) is 52.3 Å². The maximum atomic E-state index is 13.0. The first-order chi connectivity index (χ1) is 10.5. The van der Waals surface area contributed by atoms with Gasteiger partial charge >= 0.3 is 13.3 Å². The first-order valence-electron chi connectivity index (χ1n) is 7.67. The van der Waals surface area contributed by atoms with Crippen LogP contribution in [0, 0.1) is 0 Å². The van der Waals surface area contributed by atoms with Crippen LogP contribution in [0.2, 0.25) is 0 Å². The molecule has 7 heteroatoms. The molecular formula is C16H22BF3O3. The van der Waals surface area contributed by atoms with E-state index in [1.54, 1.807) is 0 Å². The van der Waals surface area contributed by atoms with Gasteiger partial charge in [0, 0.05) is 5.46 Å². The molecular weight excluding hydrogens is 308 g/mol. The Morgan fingerprint density at radius 3 is 2.13 bits per heavy atom. The first-order valence-corrected chi connectivity index (χ1v) is 7.67. The molecule has 0 N–H and O–H groups in total. The number of halogens is 3. The van der Waals surface area contributed by atoms with Crippen LogP contribution in [0.1, 0.15) is 46.6 Å². The van der Waals surface area contributed by atoms with Crippen LogP contribution in [0.25, 0.3) is 0 Å². The third kappa shape index (κ3) is 3.66. The van der Waals surface area contributed by atoms with Crippen LogP contribution in [0.15, 0.2) is 18.2 Å². The number of rotatable bonds is 4. The molecule has 0 aliphatic carbocycles. The Hall–Kier alpha value is -1.21. The third-order valence-electron chi connectivity index (χ3n) is 4.31. The van der Waals surface area contributed by atoms with Crippen LogP contribution in [0.4, 0.5) is 13.2 Å². The monoisotopic (exact) mass is 330 g/mol. The summed E-state index contributed by atoms with van der Waals surface area (Å²) < 4.78 is 56.4. The largest absolute Gasteiger partial charge is 0.498 e. The van der Waals surface area contributed by atoms with Crippen molar-refractivity contribution in [3.8, 4) is 5.75 Å². The maximum Gasteiger partial charge on any atom is 0.498 e. The van der Waals surface area contributed by atoms with E-state index >= 15 is 0 Å². The molecule has 0 spiro atoms. The smallest absolute Gasteiger partial charge is 0.494 e. The van der Waals surface area contributed by atoms with Gasteiger partial charge in [-0.1, -0.05) is 6.92 Å². The predicted molar refractivity (Wildman–Crippen MR) is 82.9 cm³/mol. The quantitative estimate of drug-likeness (QED) is 0.786. The van der Waals surface area contributed by atoms with Crippen LogP contribution in [-0.4, -0.2) is 24.9 Å². The van der Waals surface area contributed by atoms with Crippen molar-refractivity contribution >= 4 is 12.6 Å². The fraction of sp³-hybridized carbons (Fsp3) is 0.625. The molecule has 3 nitrogen and oxygen atoms in total. The molecule has 2 rings (SSSR count). The summed E-state index contributed by atoms with van der Waals surface area (Å²) in [5.74, 6) is 0.360. The summed E-state index contributed by atoms with van der Waals surface area (Å²) in [6.07, 6.45) is -3.68. The summed E-state index contributed by atoms with van der Waals surface area (Å²) in [7, 11) is -0.894. The average Bonchev–Trinajstić information content (AvgIpc) is 2.64. The van der Waals surface area contributed by atoms with Crippen molar-refractivity contribution in [2.45, 2.75) is 58.4 Å². The van der Waals surface area contributed by atoms with Gasteiger partial charge < -0.3 is 14.0 Å². The van der Waals surface area contributed by atoms with Crippen molar-refractivity contribution in [3.63, 3.8) is 0 Å². The van der Waals surface area contributed by atoms with Crippen LogP contribution in [0.5, 0.6) is 5.75 Å². The van der Waals surface area contributed by atoms with Gasteiger partial charge in [-0.15, -0.1) is 0 Å². The van der Waals surface area contributed by atoms with Crippen molar-refractivity contribution in [3.05, 3.63) is 23.8 Å². The highest BCUT2D eigenvalue weighted by molar-refractivity contribution is 6.63. The van der Waals surface area contributed by atoms with E-state index in [4.69, 9.17) is 14.0 Å². The topological polar surface area (TPSA) is 27.7 Å². The summed E-state index contributed by atoms with van der Waals surface area (Å²) >= 11 is 0. The summed E-state index contributed by atoms with van der Waals surface area (Å²) in [6, 6.07) is 3.39. The van der Waals surface area contributed by atoms with Gasteiger partial charge in [0.25, 0.3) is 0 Å². The Bertz CT molecular complexity index is 554. The molecule has 0 aromatic heterocycles. The minimum atomic E-state index is -4.43. The number of benzene rings is 1. The Labute approximate surface area is 135 Å². The fourth-order valence-electron chi connectivity index (χ4n) is 2.22. The normalized spacial score (nSPS) is 19.9. The van der Waals surface area contributed by atoms with Gasteiger partial charge in [-0.3, -0.25) is 0 Å². The van der Waals surface area contributed by atoms with Gasteiger partial charge in [0.05, 0.1) is 23.4 Å². The molecule has 1 aromatic rings. The molecule has 1 heterocycles. The second-order valence-electron chi connectivity index (χ2n) is 6.69. The van der Waals surface area contributed by atoms with E-state index in [0.717, 1.165) is 18.6 Å². The molecule has 1 aliphatic heterocycles. The fourth-order valence-corrected chi connectivity index (χ4v) is 2.22. The van der Waals surface area contributed by atoms with E-state index in [-0.39, 0.29) is 5.46 Å². The Morgan fingerprint density at radius 2 is 1.65 bits per heavy atom. The lowest BCUT2D eigenvalue weighted by Gasteiger charge is -2.32. The second-order valence-corrected chi connectivity index (χ2v) is 6.69. The van der Waals surface area contributed by atoms with E-state index in [1.165, 1.54) is 6.07 Å². The second kappa shape index (κ2) is 6.02. The van der Waals surface area contributed by atoms with E-state index in [9.17, 15) is 13.2 Å². The van der Waals surface area contributed by atoms with Gasteiger partial charge in [0.1, 0.15) is 5.75 Å². The highest BCUT2D eigenvalue weighted by Gasteiger charge is 2.52. The molecule has 0 saturated carbocycles. The molecule has 0 atom stereocenters. The third-order valence-corrected chi connectivity index (χ3v) is 4.31. The van der Waals surface area contributed by atoms with E-state index in [0.29, 0.717) is 12.4 Å². The Morgan fingerprint density at radius 1 is 1.09 bits per heavy atom. The summed E-state index contributed by atoms with van der Waals surface area (Å²) in [4.78, 5) is 0. The van der Waals surface area contributed by atoms with E-state index < -0.39 is 30.1 Å². The molecule has 1 aromatic carbocycles. The summed E-state index contributed by atoms with van der Waals surface area (Å²) in [6.45, 7) is 9.76. The van der Waals surface area contributed by atoms with Crippen LogP contribution in [0.3, 0.4) is 0 Å². The summed E-state index contributed by atoms with van der Waals surface area (Å²) in [5, 5.41) is 0. The van der Waals surface area contributed by atoms with E-state index in [1.807, 2.05) is 34.6 Å². The number of hydrogen-bond acceptors (Lipinski definition) is 3. The molecule has 0 radical (unpaired) electrons. The molecule has 0 unspecified atom stereocenters. The van der Waals surface area contributed by atoms with Crippen molar-refractivity contribution in [2.75, 3.05) is 6.61 Å². The Balaban J connectivity index is 2.42. The minimum absolute atomic E-state index is 0.270. The zero-order valence-electron chi connectivity index (χ0n) is 14.1. The lowest BCUT2D eigenvalue weighted by molar-refractivity contribution is -0.137. The standard InChI is InChI=1S/C16H22BF3O3/c1-6-9-21-13-8-7-11(16(18,19)20)10-12(13)17-22-14(2,3)15(4,5)23-17/h7-8,10H,6,9H2,1-5H3. The van der Waals surface area contributed by atoms with Crippen LogP contribution >= 0.6 is 0 Å². The molecule has 1 fully saturated rings. The molecule has 1 aliphatic rings. The maximum absolute atomic E-state index is 13.0. The lowest BCUT2D eigenvalue weighted by Crippen LogP contribution is -2.41. The highest BCUT2D eigenvalue weighted by atomic mass is 19.4. The molecule has 23 heavy (non-hydrogen) atoms. The zero-order chi connectivity index (χ0) is 17.5. The van der Waals surface area contributed by atoms with Crippen molar-refractivity contribution in [2.24, 2.45) is 0 Å². The van der Waals surface area contributed by atoms with Gasteiger partial charge in [-0.25, -0.2) is 0 Å². The zero-order valence-corrected chi connectivity index (χ0v) is 14.1. The summed E-state index contributed by atoms with van der Waals surface area (Å²) in [5.41, 5.74) is -1.74. The van der Waals surface area contributed by atoms with Crippen molar-refractivity contribution in [1.82, 2.24) is 0 Å². The number of alkyl halides is 3. The lowest BCUT2D eigenvalue weighted by atomic mass is 9.77. The molecule has 1 saturated heterocycles. The number of hydrogen-bond donors (Lipinski definition) is 0. The SMILES string of the molecule is CCCOc1ccc(C(F)(F)F)cc1B1OC(C)(C)C(C)(C)O1. The Kier molecular flexibility index (Phi) is 4.75. The van der Waals surface area contributed by atoms with Gasteiger partial charge in [0.15, 0.2) is 0 Å². The van der Waals surface area contributed by atoms with E-state index in [2.05, 4.69) is 0 Å². The van der Waals surface area contributed by atoms with Crippen molar-refractivity contribution in [1.29, 1.82) is 0 Å². The number of ether oxygens (including phenoxy) is 1. The molecule has 0 amide bonds. The van der Waals surface area contributed by atoms with Gasteiger partial charge in [-0.2, -0.15) is 13.2 Å². The molecule has 128 valence electrons. The average molecular weight is 330 g/mol. The van der Waals surface area contributed by atoms with Crippen LogP contribution in [-0.2, 0) is 15.5 Å². The first kappa shape index (κ1) is 18.1. The molecule has 0 bridgehead atoms. The van der Waals surface area contributed by atoms with Crippen LogP contribution < -0.4 is 10.2 Å². The van der Waals surface area contributed by atoms with Gasteiger partial charge in [0.2, 0.25) is 0 Å². The minimum Gasteiger partial charge on any atom is -0.494 e. The highest BCUT2D eigenvalue weighted by Crippen LogP contribution is 2.38.